The van der Waals surface area contributed by atoms with E-state index in [1.54, 1.807) is 48.0 Å². The van der Waals surface area contributed by atoms with E-state index in [2.05, 4.69) is 0 Å². The van der Waals surface area contributed by atoms with Crippen molar-refractivity contribution in [1.82, 2.24) is 4.90 Å². The Bertz CT molecular complexity index is 1790. The highest BCUT2D eigenvalue weighted by Crippen LogP contribution is 2.35. The molecule has 3 aliphatic rings. The van der Waals surface area contributed by atoms with E-state index in [1.165, 1.54) is 7.11 Å². The normalized spacial score (nSPS) is 36.5. The minimum atomic E-state index is -1.33. The molecule has 15 nitrogen and oxygen atoms in total. The van der Waals surface area contributed by atoms with Gasteiger partial charge in [0.15, 0.2) is 5.78 Å². The van der Waals surface area contributed by atoms with Crippen molar-refractivity contribution in [3.63, 3.8) is 0 Å². The number of amides is 1. The lowest BCUT2D eigenvalue weighted by atomic mass is 9.78. The average Bonchev–Trinajstić information content (AvgIpc) is 3.32. The summed E-state index contributed by atoms with van der Waals surface area (Å²) in [7, 11) is 4.53. The van der Waals surface area contributed by atoms with E-state index >= 15 is 0 Å². The highest BCUT2D eigenvalue weighted by Gasteiger charge is 2.42. The quantitative estimate of drug-likeness (QED) is 0.137. The number of esters is 1. The number of fused-ring (bicyclic) bond motifs is 1. The van der Waals surface area contributed by atoms with E-state index in [9.17, 15) is 44.1 Å². The molecule has 2 heterocycles. The van der Waals surface area contributed by atoms with Gasteiger partial charge in [-0.2, -0.15) is 0 Å². The molecule has 68 heavy (non-hydrogen) atoms. The van der Waals surface area contributed by atoms with E-state index in [-0.39, 0.29) is 93.4 Å². The summed E-state index contributed by atoms with van der Waals surface area (Å²) in [6.45, 7) is 12.6. The van der Waals surface area contributed by atoms with Crippen LogP contribution >= 0.6 is 0 Å². The number of nitrogens with zero attached hydrogens (tertiary/aromatic N) is 1. The number of cyclic esters (lactones) is 1. The van der Waals surface area contributed by atoms with E-state index in [4.69, 9.17) is 23.7 Å². The van der Waals surface area contributed by atoms with Gasteiger partial charge < -0.3 is 43.9 Å². The van der Waals surface area contributed by atoms with Gasteiger partial charge in [0.05, 0.1) is 37.6 Å². The number of ether oxygens (including phenoxy) is 5. The Morgan fingerprint density at radius 3 is 2.18 bits per heavy atom. The number of allylic oxidation sites excluding steroid dienone is 6. The number of ketones is 4. The van der Waals surface area contributed by atoms with E-state index in [1.807, 2.05) is 51.2 Å². The molecule has 3 N–H and O–H groups in total. The van der Waals surface area contributed by atoms with Gasteiger partial charge in [0.1, 0.15) is 30.1 Å². The van der Waals surface area contributed by atoms with E-state index in [0.717, 1.165) is 16.9 Å². The van der Waals surface area contributed by atoms with Crippen molar-refractivity contribution in [2.24, 2.45) is 35.5 Å². The van der Waals surface area contributed by atoms with Gasteiger partial charge in [-0.3, -0.25) is 24.0 Å². The van der Waals surface area contributed by atoms with Crippen LogP contribution in [-0.2, 0) is 52.5 Å². The summed E-state index contributed by atoms with van der Waals surface area (Å²) in [5, 5.41) is 31.7. The third-order valence-electron chi connectivity index (χ3n) is 14.2. The molecule has 0 aromatic heterocycles. The van der Waals surface area contributed by atoms with Crippen LogP contribution in [0.25, 0.3) is 0 Å². The van der Waals surface area contributed by atoms with Crippen LogP contribution in [0.1, 0.15) is 126 Å². The molecule has 0 aromatic rings. The first-order valence-electron chi connectivity index (χ1n) is 24.8. The number of carbonyl (C=O) groups excluding carboxylic acids is 6. The maximum Gasteiger partial charge on any atom is 0.329 e. The molecule has 1 aliphatic carbocycles. The number of piperidine rings is 1. The van der Waals surface area contributed by atoms with Gasteiger partial charge in [0.2, 0.25) is 5.78 Å². The molecule has 0 spiro atoms. The van der Waals surface area contributed by atoms with Gasteiger partial charge in [-0.25, -0.2) is 4.79 Å². The van der Waals surface area contributed by atoms with Crippen molar-refractivity contribution in [2.45, 2.75) is 174 Å². The Balaban J connectivity index is 1.98. The number of aliphatic hydroxyl groups is 3. The van der Waals surface area contributed by atoms with Crippen LogP contribution in [0.5, 0.6) is 0 Å². The maximum absolute atomic E-state index is 14.3. The highest BCUT2D eigenvalue weighted by atomic mass is 16.5. The smallest absolute Gasteiger partial charge is 0.329 e. The molecule has 1 saturated carbocycles. The molecular weight excluding hydrogens is 875 g/mol. The van der Waals surface area contributed by atoms with Crippen LogP contribution in [0.3, 0.4) is 0 Å². The van der Waals surface area contributed by atoms with E-state index < -0.39 is 77.8 Å². The molecule has 2 aliphatic heterocycles. The first-order chi connectivity index (χ1) is 32.3. The standard InChI is InChI=1S/C53H83NO14/c1-32-16-12-11-13-17-33(2)44(64-8)30-40(56)21-19-34(3)47(58)50(61)52(62)54-23-15-14-18-41(54)53(63)68-45(36(5)28-39-20-22-43(67-25-24-55)46(29-39)65-9)31-42(57)35(4)27-38(7)49(60)51(66-10)48(59)37(6)26-32/h11-13,16-17,27,32,34-37,39-41,43-46,49,51,55-56,60H,14-15,18-26,28-31H2,1-10H3/b13-11+,16-12+,33-17+,38-27+/t32-,34-,35-,36-,37-,39-,40+,41+,43-,44+,45+,46-,49-,51+/m1/s1. The van der Waals surface area contributed by atoms with Gasteiger partial charge in [0, 0.05) is 58.5 Å². The van der Waals surface area contributed by atoms with E-state index in [0.29, 0.717) is 44.1 Å². The van der Waals surface area contributed by atoms with Gasteiger partial charge in [-0.15, -0.1) is 0 Å². The number of aliphatic hydroxyl groups excluding tert-OH is 3. The molecule has 15 heteroatoms. The summed E-state index contributed by atoms with van der Waals surface area (Å²) < 4.78 is 29.1. The molecule has 3 rings (SSSR count). The van der Waals surface area contributed by atoms with Crippen LogP contribution in [0, 0.1) is 35.5 Å². The Labute approximate surface area is 405 Å². The Morgan fingerprint density at radius 1 is 0.794 bits per heavy atom. The number of Topliss-reactive ketones (excluding diaryl/α,β-unsaturated/α-hetero) is 4. The Morgan fingerprint density at radius 2 is 1.51 bits per heavy atom. The summed E-state index contributed by atoms with van der Waals surface area (Å²) in [5.74, 6) is -6.85. The molecule has 384 valence electrons. The number of methoxy groups -OCH3 is 3. The second-order valence-electron chi connectivity index (χ2n) is 19.7. The predicted octanol–water partition coefficient (Wildman–Crippen LogP) is 6.04. The molecule has 0 aromatic carbocycles. The summed E-state index contributed by atoms with van der Waals surface area (Å²) in [5.41, 5.74) is 1.23. The summed E-state index contributed by atoms with van der Waals surface area (Å²) in [6, 6.07) is -1.16. The van der Waals surface area contributed by atoms with Crippen molar-refractivity contribution in [3.05, 3.63) is 47.6 Å². The lowest BCUT2D eigenvalue weighted by molar-refractivity contribution is -0.166. The second-order valence-corrected chi connectivity index (χ2v) is 19.7. The fraction of sp³-hybridized carbons (Fsp3) is 0.736. The van der Waals surface area contributed by atoms with Gasteiger partial charge in [0.25, 0.3) is 11.7 Å². The number of hydrogen-bond acceptors (Lipinski definition) is 14. The number of rotatable bonds is 9. The molecule has 0 bridgehead atoms. The highest BCUT2D eigenvalue weighted by molar-refractivity contribution is 6.63. The van der Waals surface area contributed by atoms with Crippen LogP contribution in [-0.4, -0.2) is 145 Å². The number of hydrogen-bond donors (Lipinski definition) is 3. The molecule has 2 fully saturated rings. The Hall–Kier alpha value is -3.70. The second kappa shape index (κ2) is 29.5. The Kier molecular flexibility index (Phi) is 25.4. The monoisotopic (exact) mass is 958 g/mol. The molecule has 1 saturated heterocycles. The zero-order valence-corrected chi connectivity index (χ0v) is 42.4. The van der Waals surface area contributed by atoms with Gasteiger partial charge in [-0.1, -0.05) is 71.1 Å². The van der Waals surface area contributed by atoms with Crippen molar-refractivity contribution < 1.29 is 67.8 Å². The van der Waals surface area contributed by atoms with Crippen LogP contribution in [0.2, 0.25) is 0 Å². The van der Waals surface area contributed by atoms with Crippen LogP contribution in [0.15, 0.2) is 47.6 Å². The first-order valence-corrected chi connectivity index (χ1v) is 24.8. The zero-order chi connectivity index (χ0) is 50.7. The third kappa shape index (κ3) is 17.6. The van der Waals surface area contributed by atoms with Crippen molar-refractivity contribution in [1.29, 1.82) is 0 Å². The van der Waals surface area contributed by atoms with Crippen molar-refractivity contribution in [3.8, 4) is 0 Å². The SMILES string of the molecule is CO[C@H]1C[C@@H](O)CC[C@@H](C)C(=O)C(=O)C(=O)N2CCCC[C@H]2C(=O)O[C@H]([C@H](C)C[C@H]2CC[C@@H](OCCO)[C@H](OC)C2)CC(=O)[C@H](C)/C=C(\C)[C@@H](O)[C@@H](OC)C(=O)[C@H](C)C[C@H](C)/C=C/C=C/C=C/1C. The first kappa shape index (κ1) is 58.6. The van der Waals surface area contributed by atoms with Crippen molar-refractivity contribution >= 4 is 35.0 Å². The molecule has 14 atom stereocenters. The largest absolute Gasteiger partial charge is 0.460 e. The van der Waals surface area contributed by atoms with Crippen LogP contribution in [0.4, 0.5) is 0 Å². The predicted molar refractivity (Wildman–Crippen MR) is 257 cm³/mol. The maximum atomic E-state index is 14.3. The third-order valence-corrected chi connectivity index (χ3v) is 14.2. The van der Waals surface area contributed by atoms with Crippen LogP contribution < -0.4 is 0 Å². The average molecular weight is 958 g/mol. The lowest BCUT2D eigenvalue weighted by Crippen LogP contribution is -2.53. The molecule has 0 radical (unpaired) electrons. The summed E-state index contributed by atoms with van der Waals surface area (Å²) >= 11 is 0. The molecular formula is C53H83NO14. The minimum Gasteiger partial charge on any atom is -0.460 e. The minimum absolute atomic E-state index is 0.00903. The van der Waals surface area contributed by atoms with Gasteiger partial charge >= 0.3 is 5.97 Å². The topological polar surface area (TPSA) is 212 Å². The molecule has 0 unspecified atom stereocenters. The fourth-order valence-corrected chi connectivity index (χ4v) is 9.87. The summed E-state index contributed by atoms with van der Waals surface area (Å²) in [4.78, 5) is 84.1. The lowest BCUT2D eigenvalue weighted by Gasteiger charge is -2.38. The summed E-state index contributed by atoms with van der Waals surface area (Å²) in [6.07, 6.45) is 10.7. The van der Waals surface area contributed by atoms with Gasteiger partial charge in [-0.05, 0) is 107 Å². The number of carbonyl (C=O) groups is 6. The fourth-order valence-electron chi connectivity index (χ4n) is 9.87. The van der Waals surface area contributed by atoms with Crippen molar-refractivity contribution in [2.75, 3.05) is 41.1 Å². The zero-order valence-electron chi connectivity index (χ0n) is 42.4. The molecule has 1 amide bonds.